The molecule has 172 valence electrons. The lowest BCUT2D eigenvalue weighted by atomic mass is 9.97. The molecule has 1 fully saturated rings. The van der Waals surface area contributed by atoms with Gasteiger partial charge in [0.1, 0.15) is 5.69 Å². The van der Waals surface area contributed by atoms with Crippen molar-refractivity contribution >= 4 is 22.9 Å². The highest BCUT2D eigenvalue weighted by Gasteiger charge is 2.24. The molecule has 0 radical (unpaired) electrons. The maximum absolute atomic E-state index is 13.0. The summed E-state index contributed by atoms with van der Waals surface area (Å²) in [5, 5.41) is 6.04. The largest absolute Gasteiger partial charge is 0.320 e. The summed E-state index contributed by atoms with van der Waals surface area (Å²) in [6.07, 6.45) is 5.87. The molecular formula is C28H28N4OS. The standard InChI is InChI=1S/C28H28N4OS/c1-20-8-10-22(11-9-20)24-6-2-3-7-25(24)30-27(33)26-19-34-28(31-26)23-12-15-32(16-13-23)18-21-5-4-14-29-17-21/h2-11,14,17,19,23H,12-13,15-16,18H2,1H3,(H,30,33). The smallest absolute Gasteiger partial charge is 0.275 e. The number of hydrogen-bond donors (Lipinski definition) is 1. The zero-order valence-electron chi connectivity index (χ0n) is 19.3. The van der Waals surface area contributed by atoms with E-state index in [0.29, 0.717) is 11.6 Å². The van der Waals surface area contributed by atoms with Crippen molar-refractivity contribution in [3.05, 3.63) is 100 Å². The van der Waals surface area contributed by atoms with Crippen LogP contribution in [0.2, 0.25) is 0 Å². The summed E-state index contributed by atoms with van der Waals surface area (Å²) in [4.78, 5) is 24.4. The second kappa shape index (κ2) is 10.3. The predicted molar refractivity (Wildman–Crippen MR) is 138 cm³/mol. The molecule has 6 heteroatoms. The van der Waals surface area contributed by atoms with E-state index in [9.17, 15) is 4.79 Å². The van der Waals surface area contributed by atoms with Gasteiger partial charge in [0.25, 0.3) is 5.91 Å². The quantitative estimate of drug-likeness (QED) is 0.369. The number of anilines is 1. The zero-order valence-corrected chi connectivity index (χ0v) is 20.1. The first-order valence-electron chi connectivity index (χ1n) is 11.7. The van der Waals surface area contributed by atoms with Gasteiger partial charge in [0, 0.05) is 41.5 Å². The third-order valence-corrected chi connectivity index (χ3v) is 7.37. The average molecular weight is 469 g/mol. The Bertz CT molecular complexity index is 1240. The van der Waals surface area contributed by atoms with Crippen molar-refractivity contribution in [2.75, 3.05) is 18.4 Å². The van der Waals surface area contributed by atoms with Crippen LogP contribution in [0, 0.1) is 6.92 Å². The number of amides is 1. The lowest BCUT2D eigenvalue weighted by Crippen LogP contribution is -2.32. The molecule has 0 unspecified atom stereocenters. The van der Waals surface area contributed by atoms with Crippen LogP contribution < -0.4 is 5.32 Å². The number of piperidine rings is 1. The fourth-order valence-corrected chi connectivity index (χ4v) is 5.40. The normalized spacial score (nSPS) is 14.7. The summed E-state index contributed by atoms with van der Waals surface area (Å²) in [6.45, 7) is 5.07. The number of benzene rings is 2. The zero-order chi connectivity index (χ0) is 23.3. The minimum absolute atomic E-state index is 0.156. The number of thiazole rings is 1. The van der Waals surface area contributed by atoms with E-state index in [-0.39, 0.29) is 5.91 Å². The molecule has 1 aliphatic rings. The molecule has 1 N–H and O–H groups in total. The van der Waals surface area contributed by atoms with Crippen LogP contribution in [0.1, 0.15) is 45.4 Å². The first-order chi connectivity index (χ1) is 16.7. The van der Waals surface area contributed by atoms with Gasteiger partial charge in [-0.2, -0.15) is 0 Å². The second-order valence-corrected chi connectivity index (χ2v) is 9.74. The first-order valence-corrected chi connectivity index (χ1v) is 12.6. The van der Waals surface area contributed by atoms with Crippen molar-refractivity contribution in [1.29, 1.82) is 0 Å². The van der Waals surface area contributed by atoms with Gasteiger partial charge in [0.2, 0.25) is 0 Å². The van der Waals surface area contributed by atoms with E-state index >= 15 is 0 Å². The van der Waals surface area contributed by atoms with Gasteiger partial charge >= 0.3 is 0 Å². The van der Waals surface area contributed by atoms with Crippen LogP contribution in [0.4, 0.5) is 5.69 Å². The third-order valence-electron chi connectivity index (χ3n) is 6.36. The summed E-state index contributed by atoms with van der Waals surface area (Å²) in [5.41, 5.74) is 5.85. The van der Waals surface area contributed by atoms with Crippen molar-refractivity contribution in [3.63, 3.8) is 0 Å². The number of para-hydroxylation sites is 1. The number of carbonyl (C=O) groups excluding carboxylic acids is 1. The minimum atomic E-state index is -0.156. The highest BCUT2D eigenvalue weighted by Crippen LogP contribution is 2.32. The van der Waals surface area contributed by atoms with Gasteiger partial charge in [-0.1, -0.05) is 54.1 Å². The monoisotopic (exact) mass is 468 g/mol. The summed E-state index contributed by atoms with van der Waals surface area (Å²) in [5.74, 6) is 0.257. The number of hydrogen-bond acceptors (Lipinski definition) is 5. The van der Waals surface area contributed by atoms with Crippen LogP contribution in [0.25, 0.3) is 11.1 Å². The lowest BCUT2D eigenvalue weighted by Gasteiger charge is -2.30. The highest BCUT2D eigenvalue weighted by atomic mass is 32.1. The molecule has 3 heterocycles. The number of aryl methyl sites for hydroxylation is 1. The fourth-order valence-electron chi connectivity index (χ4n) is 4.43. The Balaban J connectivity index is 1.22. The molecule has 5 nitrogen and oxygen atoms in total. The van der Waals surface area contributed by atoms with Crippen molar-refractivity contribution in [3.8, 4) is 11.1 Å². The number of pyridine rings is 1. The second-order valence-electron chi connectivity index (χ2n) is 8.85. The number of nitrogens with zero attached hydrogens (tertiary/aromatic N) is 3. The Morgan fingerprint density at radius 2 is 1.85 bits per heavy atom. The Morgan fingerprint density at radius 3 is 2.62 bits per heavy atom. The van der Waals surface area contributed by atoms with Crippen LogP contribution in [-0.2, 0) is 6.54 Å². The van der Waals surface area contributed by atoms with E-state index in [0.717, 1.165) is 54.3 Å². The van der Waals surface area contributed by atoms with E-state index in [2.05, 4.69) is 52.5 Å². The van der Waals surface area contributed by atoms with Gasteiger partial charge in [-0.3, -0.25) is 14.7 Å². The summed E-state index contributed by atoms with van der Waals surface area (Å²) in [6, 6.07) is 20.4. The molecule has 0 spiro atoms. The van der Waals surface area contributed by atoms with Crippen molar-refractivity contribution in [2.24, 2.45) is 0 Å². The lowest BCUT2D eigenvalue weighted by molar-refractivity contribution is 0.102. The average Bonchev–Trinajstić information content (AvgIpc) is 3.37. The number of rotatable bonds is 6. The van der Waals surface area contributed by atoms with Gasteiger partial charge in [-0.15, -0.1) is 11.3 Å². The summed E-state index contributed by atoms with van der Waals surface area (Å²) in [7, 11) is 0. The van der Waals surface area contributed by atoms with Crippen LogP contribution in [0.5, 0.6) is 0 Å². The first kappa shape index (κ1) is 22.4. The van der Waals surface area contributed by atoms with Crippen LogP contribution in [0.15, 0.2) is 78.4 Å². The molecule has 2 aromatic carbocycles. The van der Waals surface area contributed by atoms with E-state index in [1.165, 1.54) is 11.1 Å². The third kappa shape index (κ3) is 5.24. The van der Waals surface area contributed by atoms with E-state index in [4.69, 9.17) is 4.98 Å². The van der Waals surface area contributed by atoms with Crippen LogP contribution in [0.3, 0.4) is 0 Å². The summed E-state index contributed by atoms with van der Waals surface area (Å²) < 4.78 is 0. The van der Waals surface area contributed by atoms with Crippen LogP contribution >= 0.6 is 11.3 Å². The van der Waals surface area contributed by atoms with Crippen molar-refractivity contribution in [1.82, 2.24) is 14.9 Å². The topological polar surface area (TPSA) is 58.1 Å². The Kier molecular flexibility index (Phi) is 6.79. The number of nitrogens with one attached hydrogen (secondary N) is 1. The molecule has 34 heavy (non-hydrogen) atoms. The van der Waals surface area contributed by atoms with Gasteiger partial charge in [-0.05, 0) is 56.1 Å². The van der Waals surface area contributed by atoms with Gasteiger partial charge in [0.15, 0.2) is 0 Å². The molecule has 0 atom stereocenters. The van der Waals surface area contributed by atoms with Crippen molar-refractivity contribution in [2.45, 2.75) is 32.2 Å². The molecule has 4 aromatic rings. The Morgan fingerprint density at radius 1 is 1.06 bits per heavy atom. The molecule has 2 aromatic heterocycles. The predicted octanol–water partition coefficient (Wildman–Crippen LogP) is 6.15. The minimum Gasteiger partial charge on any atom is -0.320 e. The molecule has 0 bridgehead atoms. The molecule has 0 aliphatic carbocycles. The Hall–Kier alpha value is -3.35. The number of likely N-dealkylation sites (tertiary alicyclic amines) is 1. The van der Waals surface area contributed by atoms with Gasteiger partial charge in [0.05, 0.1) is 5.01 Å². The van der Waals surface area contributed by atoms with E-state index in [1.807, 2.05) is 48.1 Å². The fraction of sp³-hybridized carbons (Fsp3) is 0.250. The molecule has 5 rings (SSSR count). The SMILES string of the molecule is Cc1ccc(-c2ccccc2NC(=O)c2csc(C3CCN(Cc4cccnc4)CC3)n2)cc1. The van der Waals surface area contributed by atoms with Gasteiger partial charge in [-0.25, -0.2) is 4.98 Å². The maximum atomic E-state index is 13.0. The molecule has 1 amide bonds. The number of carbonyl (C=O) groups is 1. The highest BCUT2D eigenvalue weighted by molar-refractivity contribution is 7.10. The molecule has 1 aliphatic heterocycles. The summed E-state index contributed by atoms with van der Waals surface area (Å²) >= 11 is 1.60. The Labute approximate surface area is 204 Å². The number of aromatic nitrogens is 2. The van der Waals surface area contributed by atoms with Crippen molar-refractivity contribution < 1.29 is 4.79 Å². The van der Waals surface area contributed by atoms with E-state index in [1.54, 1.807) is 11.3 Å². The molecular weight excluding hydrogens is 440 g/mol. The molecule has 1 saturated heterocycles. The maximum Gasteiger partial charge on any atom is 0.275 e. The van der Waals surface area contributed by atoms with Crippen LogP contribution in [-0.4, -0.2) is 33.9 Å². The molecule has 0 saturated carbocycles. The van der Waals surface area contributed by atoms with E-state index < -0.39 is 0 Å². The van der Waals surface area contributed by atoms with Gasteiger partial charge < -0.3 is 5.32 Å².